The Morgan fingerprint density at radius 1 is 1.38 bits per heavy atom. The molecule has 2 heterocycles. The normalized spacial score (nSPS) is 12.6. The highest BCUT2D eigenvalue weighted by Gasteiger charge is 2.26. The quantitative estimate of drug-likeness (QED) is 0.812. The van der Waals surface area contributed by atoms with Crippen LogP contribution in [0, 0.1) is 6.92 Å². The zero-order valence-electron chi connectivity index (χ0n) is 13.1. The molecule has 0 saturated heterocycles. The fourth-order valence-corrected chi connectivity index (χ4v) is 3.05. The second-order valence-corrected chi connectivity index (χ2v) is 5.72. The SMILES string of the molecule is CCCNC(c1snnc1C)c1c(OC)cnn1CCC. The first-order valence-electron chi connectivity index (χ1n) is 7.34. The number of aromatic nitrogens is 4. The number of hydrogen-bond acceptors (Lipinski definition) is 6. The summed E-state index contributed by atoms with van der Waals surface area (Å²) in [6.45, 7) is 8.08. The fourth-order valence-electron chi connectivity index (χ4n) is 2.32. The summed E-state index contributed by atoms with van der Waals surface area (Å²) < 4.78 is 11.6. The van der Waals surface area contributed by atoms with Crippen molar-refractivity contribution in [3.8, 4) is 5.75 Å². The Bertz CT molecular complexity index is 565. The average Bonchev–Trinajstić information content (AvgIpc) is 3.08. The van der Waals surface area contributed by atoms with Crippen LogP contribution in [0.4, 0.5) is 0 Å². The molecule has 0 aliphatic rings. The molecule has 6 nitrogen and oxygen atoms in total. The lowest BCUT2D eigenvalue weighted by molar-refractivity contribution is 0.398. The van der Waals surface area contributed by atoms with Crippen LogP contribution in [0.1, 0.15) is 49.0 Å². The van der Waals surface area contributed by atoms with Crippen molar-refractivity contribution in [1.82, 2.24) is 24.7 Å². The molecule has 2 rings (SSSR count). The molecule has 0 aliphatic heterocycles. The minimum atomic E-state index is 0.0222. The maximum absolute atomic E-state index is 5.51. The molecule has 1 unspecified atom stereocenters. The summed E-state index contributed by atoms with van der Waals surface area (Å²) in [5, 5.41) is 12.2. The zero-order valence-corrected chi connectivity index (χ0v) is 13.9. The van der Waals surface area contributed by atoms with Gasteiger partial charge in [-0.1, -0.05) is 18.3 Å². The minimum Gasteiger partial charge on any atom is -0.493 e. The Hall–Kier alpha value is -1.47. The third-order valence-corrected chi connectivity index (χ3v) is 4.21. The van der Waals surface area contributed by atoms with Crippen molar-refractivity contribution >= 4 is 11.5 Å². The lowest BCUT2D eigenvalue weighted by Gasteiger charge is -2.20. The Morgan fingerprint density at radius 2 is 2.19 bits per heavy atom. The van der Waals surface area contributed by atoms with Crippen molar-refractivity contribution in [3.05, 3.63) is 22.5 Å². The lowest BCUT2D eigenvalue weighted by Crippen LogP contribution is -2.26. The number of nitrogens with one attached hydrogen (secondary N) is 1. The largest absolute Gasteiger partial charge is 0.493 e. The molecule has 0 fully saturated rings. The van der Waals surface area contributed by atoms with E-state index in [0.29, 0.717) is 0 Å². The molecule has 21 heavy (non-hydrogen) atoms. The Labute approximate surface area is 129 Å². The molecule has 0 spiro atoms. The number of rotatable bonds is 8. The van der Waals surface area contributed by atoms with Crippen LogP contribution in [-0.4, -0.2) is 33.0 Å². The van der Waals surface area contributed by atoms with Crippen LogP contribution in [0.5, 0.6) is 5.75 Å². The number of methoxy groups -OCH3 is 1. The lowest BCUT2D eigenvalue weighted by atomic mass is 10.1. The summed E-state index contributed by atoms with van der Waals surface area (Å²) in [5.41, 5.74) is 2.02. The van der Waals surface area contributed by atoms with Crippen LogP contribution in [-0.2, 0) is 6.54 Å². The molecule has 2 aromatic rings. The van der Waals surface area contributed by atoms with Gasteiger partial charge in [0, 0.05) is 6.54 Å². The maximum Gasteiger partial charge on any atom is 0.161 e. The Kier molecular flexibility index (Phi) is 5.69. The number of hydrogen-bond donors (Lipinski definition) is 1. The van der Waals surface area contributed by atoms with Gasteiger partial charge in [0.2, 0.25) is 0 Å². The maximum atomic E-state index is 5.51. The van der Waals surface area contributed by atoms with Crippen LogP contribution in [0.25, 0.3) is 0 Å². The summed E-state index contributed by atoms with van der Waals surface area (Å²) in [6, 6.07) is 0.0222. The van der Waals surface area contributed by atoms with Gasteiger partial charge in [0.15, 0.2) is 5.75 Å². The molecule has 0 bridgehead atoms. The van der Waals surface area contributed by atoms with Crippen molar-refractivity contribution in [2.45, 2.75) is 46.2 Å². The third-order valence-electron chi connectivity index (χ3n) is 3.32. The summed E-state index contributed by atoms with van der Waals surface area (Å²) >= 11 is 1.43. The van der Waals surface area contributed by atoms with Gasteiger partial charge in [-0.2, -0.15) is 5.10 Å². The van der Waals surface area contributed by atoms with Gasteiger partial charge in [0.25, 0.3) is 0 Å². The van der Waals surface area contributed by atoms with E-state index in [1.54, 1.807) is 13.3 Å². The molecule has 0 radical (unpaired) electrons. The first kappa shape index (κ1) is 15.9. The molecule has 0 saturated carbocycles. The van der Waals surface area contributed by atoms with Crippen LogP contribution in [0.3, 0.4) is 0 Å². The van der Waals surface area contributed by atoms with Crippen LogP contribution >= 0.6 is 11.5 Å². The van der Waals surface area contributed by atoms with Crippen molar-refractivity contribution < 1.29 is 4.74 Å². The molecule has 0 aliphatic carbocycles. The van der Waals surface area contributed by atoms with E-state index >= 15 is 0 Å². The molecule has 7 heteroatoms. The second-order valence-electron chi connectivity index (χ2n) is 4.93. The summed E-state index contributed by atoms with van der Waals surface area (Å²) in [4.78, 5) is 1.12. The van der Waals surface area contributed by atoms with E-state index in [1.807, 2.05) is 11.6 Å². The van der Waals surface area contributed by atoms with Gasteiger partial charge >= 0.3 is 0 Å². The molecule has 2 aromatic heterocycles. The monoisotopic (exact) mass is 309 g/mol. The standard InChI is InChI=1S/C14H23N5OS/c1-5-7-15-12(14-10(3)17-18-21-14)13-11(20-4)9-16-19(13)8-6-2/h9,12,15H,5-8H2,1-4H3. The predicted molar refractivity (Wildman–Crippen MR) is 83.9 cm³/mol. The Balaban J connectivity index is 2.45. The van der Waals surface area contributed by atoms with Crippen molar-refractivity contribution in [2.24, 2.45) is 0 Å². The summed E-state index contributed by atoms with van der Waals surface area (Å²) in [7, 11) is 1.69. The van der Waals surface area contributed by atoms with E-state index in [-0.39, 0.29) is 6.04 Å². The van der Waals surface area contributed by atoms with E-state index in [4.69, 9.17) is 4.74 Å². The van der Waals surface area contributed by atoms with Gasteiger partial charge in [0.1, 0.15) is 5.69 Å². The molecule has 116 valence electrons. The smallest absolute Gasteiger partial charge is 0.161 e. The highest BCUT2D eigenvalue weighted by Crippen LogP contribution is 2.33. The number of nitrogens with zero attached hydrogens (tertiary/aromatic N) is 4. The van der Waals surface area contributed by atoms with Crippen LogP contribution < -0.4 is 10.1 Å². The molecule has 1 atom stereocenters. The first-order valence-corrected chi connectivity index (χ1v) is 8.12. The van der Waals surface area contributed by atoms with E-state index in [2.05, 4.69) is 33.8 Å². The summed E-state index contributed by atoms with van der Waals surface area (Å²) in [5.74, 6) is 0.810. The van der Waals surface area contributed by atoms with Gasteiger partial charge in [-0.05, 0) is 37.8 Å². The van der Waals surface area contributed by atoms with Crippen LogP contribution in [0.15, 0.2) is 6.20 Å². The van der Waals surface area contributed by atoms with E-state index in [1.165, 1.54) is 11.5 Å². The molecular formula is C14H23N5OS. The summed E-state index contributed by atoms with van der Waals surface area (Å²) in [6.07, 6.45) is 3.87. The average molecular weight is 309 g/mol. The number of ether oxygens (including phenoxy) is 1. The van der Waals surface area contributed by atoms with Gasteiger partial charge in [-0.3, -0.25) is 4.68 Å². The van der Waals surface area contributed by atoms with Gasteiger partial charge in [-0.15, -0.1) is 5.10 Å². The zero-order chi connectivity index (χ0) is 15.2. The molecule has 1 N–H and O–H groups in total. The molecule has 0 aromatic carbocycles. The minimum absolute atomic E-state index is 0.0222. The highest BCUT2D eigenvalue weighted by atomic mass is 32.1. The van der Waals surface area contributed by atoms with Crippen molar-refractivity contribution in [3.63, 3.8) is 0 Å². The first-order chi connectivity index (χ1) is 10.2. The molecule has 0 amide bonds. The fraction of sp³-hybridized carbons (Fsp3) is 0.643. The van der Waals surface area contributed by atoms with E-state index in [9.17, 15) is 0 Å². The van der Waals surface area contributed by atoms with Crippen molar-refractivity contribution in [1.29, 1.82) is 0 Å². The van der Waals surface area contributed by atoms with Crippen molar-refractivity contribution in [2.75, 3.05) is 13.7 Å². The highest BCUT2D eigenvalue weighted by molar-refractivity contribution is 7.05. The molecular weight excluding hydrogens is 286 g/mol. The van der Waals surface area contributed by atoms with E-state index < -0.39 is 0 Å². The third kappa shape index (κ3) is 3.41. The van der Waals surface area contributed by atoms with Gasteiger partial charge in [0.05, 0.1) is 29.9 Å². The van der Waals surface area contributed by atoms with Gasteiger partial charge in [-0.25, -0.2) is 0 Å². The second kappa shape index (κ2) is 7.51. The number of aryl methyl sites for hydroxylation is 2. The van der Waals surface area contributed by atoms with Crippen LogP contribution in [0.2, 0.25) is 0 Å². The van der Waals surface area contributed by atoms with E-state index in [0.717, 1.165) is 47.9 Å². The van der Waals surface area contributed by atoms with Gasteiger partial charge < -0.3 is 10.1 Å². The Morgan fingerprint density at radius 3 is 2.76 bits per heavy atom. The predicted octanol–water partition coefficient (Wildman–Crippen LogP) is 2.55. The topological polar surface area (TPSA) is 64.9 Å².